The van der Waals surface area contributed by atoms with E-state index in [9.17, 15) is 9.59 Å². The van der Waals surface area contributed by atoms with E-state index in [2.05, 4.69) is 11.1 Å². The molecule has 2 heterocycles. The molecule has 0 radical (unpaired) electrons. The Bertz CT molecular complexity index is 1010. The Hall–Kier alpha value is -3.00. The smallest absolute Gasteiger partial charge is 0.253 e. The van der Waals surface area contributed by atoms with Crippen molar-refractivity contribution in [3.8, 4) is 6.07 Å². The highest BCUT2D eigenvalue weighted by atomic mass is 16.2. The van der Waals surface area contributed by atoms with Gasteiger partial charge in [-0.3, -0.25) is 14.6 Å². The number of piperidine rings is 1. The Kier molecular flexibility index (Phi) is 6.99. The second kappa shape index (κ2) is 10.1. The van der Waals surface area contributed by atoms with Gasteiger partial charge in [-0.2, -0.15) is 5.26 Å². The summed E-state index contributed by atoms with van der Waals surface area (Å²) in [6.45, 7) is 3.40. The summed E-state index contributed by atoms with van der Waals surface area (Å²) in [5.41, 5.74) is 4.30. The minimum absolute atomic E-state index is 0.0423. The van der Waals surface area contributed by atoms with E-state index in [0.717, 1.165) is 29.7 Å². The van der Waals surface area contributed by atoms with Crippen molar-refractivity contribution < 1.29 is 9.59 Å². The number of rotatable bonds is 6. The number of carbonyl (C=O) groups excluding carboxylic acids is 2. The summed E-state index contributed by atoms with van der Waals surface area (Å²) >= 11 is 0. The molecule has 4 rings (SSSR count). The predicted molar refractivity (Wildman–Crippen MR) is 123 cm³/mol. The van der Waals surface area contributed by atoms with Crippen LogP contribution in [-0.2, 0) is 11.2 Å². The number of amides is 1. The van der Waals surface area contributed by atoms with Crippen LogP contribution in [0.1, 0.15) is 83.6 Å². The van der Waals surface area contributed by atoms with E-state index < -0.39 is 0 Å². The van der Waals surface area contributed by atoms with Gasteiger partial charge in [-0.15, -0.1) is 0 Å². The number of likely N-dealkylation sites (tertiary alicyclic amines) is 1. The molecule has 0 unspecified atom stereocenters. The molecule has 32 heavy (non-hydrogen) atoms. The molecule has 2 fully saturated rings. The van der Waals surface area contributed by atoms with E-state index >= 15 is 0 Å². The van der Waals surface area contributed by atoms with Crippen molar-refractivity contribution in [2.75, 3.05) is 13.1 Å². The zero-order chi connectivity index (χ0) is 22.5. The van der Waals surface area contributed by atoms with Crippen LogP contribution >= 0.6 is 0 Å². The van der Waals surface area contributed by atoms with Crippen LogP contribution in [0.5, 0.6) is 0 Å². The van der Waals surface area contributed by atoms with Crippen LogP contribution in [0.15, 0.2) is 36.5 Å². The Morgan fingerprint density at radius 2 is 1.84 bits per heavy atom. The average Bonchev–Trinajstić information content (AvgIpc) is 3.33. The predicted octanol–water partition coefficient (Wildman–Crippen LogP) is 4.97. The number of carbonyl (C=O) groups is 2. The van der Waals surface area contributed by atoms with Crippen molar-refractivity contribution in [2.45, 2.75) is 64.2 Å². The molecule has 0 bridgehead atoms. The number of benzene rings is 1. The van der Waals surface area contributed by atoms with Crippen molar-refractivity contribution in [2.24, 2.45) is 5.92 Å². The zero-order valence-electron chi connectivity index (χ0n) is 18.8. The normalized spacial score (nSPS) is 17.3. The maximum absolute atomic E-state index is 13.1. The monoisotopic (exact) mass is 429 g/mol. The molecule has 1 saturated heterocycles. The van der Waals surface area contributed by atoms with Gasteiger partial charge in [0.05, 0.1) is 5.56 Å². The topological polar surface area (TPSA) is 74.1 Å². The van der Waals surface area contributed by atoms with Gasteiger partial charge >= 0.3 is 0 Å². The van der Waals surface area contributed by atoms with E-state index in [1.807, 2.05) is 42.2 Å². The Morgan fingerprint density at radius 3 is 2.50 bits per heavy atom. The van der Waals surface area contributed by atoms with E-state index in [0.29, 0.717) is 54.7 Å². The number of aromatic nitrogens is 1. The number of pyridine rings is 1. The van der Waals surface area contributed by atoms with Crippen LogP contribution in [0.25, 0.3) is 0 Å². The lowest BCUT2D eigenvalue weighted by atomic mass is 9.92. The van der Waals surface area contributed by atoms with Crippen LogP contribution in [0, 0.1) is 24.2 Å². The van der Waals surface area contributed by atoms with Crippen molar-refractivity contribution in [3.63, 3.8) is 0 Å². The van der Waals surface area contributed by atoms with E-state index in [-0.39, 0.29) is 5.91 Å². The third kappa shape index (κ3) is 5.24. The fraction of sp³-hybridized carbons (Fsp3) is 0.481. The van der Waals surface area contributed by atoms with Gasteiger partial charge in [-0.05, 0) is 61.1 Å². The summed E-state index contributed by atoms with van der Waals surface area (Å²) in [6, 6.07) is 11.6. The van der Waals surface area contributed by atoms with Crippen molar-refractivity contribution >= 4 is 11.7 Å². The van der Waals surface area contributed by atoms with Crippen molar-refractivity contribution in [1.82, 2.24) is 9.88 Å². The van der Waals surface area contributed by atoms with Gasteiger partial charge < -0.3 is 4.90 Å². The molecule has 0 N–H and O–H groups in total. The molecule has 2 aromatic rings. The highest BCUT2D eigenvalue weighted by Gasteiger charge is 2.26. The van der Waals surface area contributed by atoms with Crippen molar-refractivity contribution in [1.29, 1.82) is 5.26 Å². The summed E-state index contributed by atoms with van der Waals surface area (Å²) in [7, 11) is 0. The molecule has 1 amide bonds. The molecule has 1 aliphatic heterocycles. The van der Waals surface area contributed by atoms with Gasteiger partial charge in [0, 0.05) is 49.3 Å². The molecule has 0 spiro atoms. The summed E-state index contributed by atoms with van der Waals surface area (Å²) in [5, 5.41) is 8.94. The fourth-order valence-corrected chi connectivity index (χ4v) is 5.09. The molecule has 1 aliphatic carbocycles. The zero-order valence-corrected chi connectivity index (χ0v) is 18.8. The SMILES string of the molecule is Cc1ccc(C(=O)N2CCC(c3ccc(C#N)cn3)CC2)cc1CC(=O)CC1CCCC1. The first kappa shape index (κ1) is 22.2. The largest absolute Gasteiger partial charge is 0.339 e. The molecule has 0 atom stereocenters. The first-order valence-electron chi connectivity index (χ1n) is 11.8. The summed E-state index contributed by atoms with van der Waals surface area (Å²) in [5.74, 6) is 1.20. The number of Topliss-reactive ketones (excluding diaryl/α,β-unsaturated/α-hetero) is 1. The molecule has 2 aliphatic rings. The first-order valence-corrected chi connectivity index (χ1v) is 11.8. The van der Waals surface area contributed by atoms with Crippen LogP contribution in [0.4, 0.5) is 0 Å². The Balaban J connectivity index is 1.36. The lowest BCUT2D eigenvalue weighted by Gasteiger charge is -2.32. The van der Waals surface area contributed by atoms with Crippen LogP contribution in [-0.4, -0.2) is 34.7 Å². The third-order valence-electron chi connectivity index (χ3n) is 7.09. The second-order valence-corrected chi connectivity index (χ2v) is 9.36. The molecule has 5 heteroatoms. The van der Waals surface area contributed by atoms with Gasteiger partial charge in [0.2, 0.25) is 0 Å². The lowest BCUT2D eigenvalue weighted by Crippen LogP contribution is -2.38. The summed E-state index contributed by atoms with van der Waals surface area (Å²) in [6.07, 6.45) is 9.30. The fourth-order valence-electron chi connectivity index (χ4n) is 5.09. The summed E-state index contributed by atoms with van der Waals surface area (Å²) in [4.78, 5) is 32.1. The Morgan fingerprint density at radius 1 is 1.09 bits per heavy atom. The number of ketones is 1. The van der Waals surface area contributed by atoms with Gasteiger partial charge in [-0.25, -0.2) is 0 Å². The van der Waals surface area contributed by atoms with Gasteiger partial charge in [0.15, 0.2) is 0 Å². The quantitative estimate of drug-likeness (QED) is 0.649. The van der Waals surface area contributed by atoms with Gasteiger partial charge in [0.25, 0.3) is 5.91 Å². The van der Waals surface area contributed by atoms with Crippen LogP contribution in [0.3, 0.4) is 0 Å². The molecule has 1 aromatic heterocycles. The van der Waals surface area contributed by atoms with Crippen LogP contribution in [0.2, 0.25) is 0 Å². The van der Waals surface area contributed by atoms with Crippen molar-refractivity contribution in [3.05, 3.63) is 64.5 Å². The molecular weight excluding hydrogens is 398 g/mol. The highest BCUT2D eigenvalue weighted by molar-refractivity contribution is 5.95. The maximum atomic E-state index is 13.1. The molecule has 166 valence electrons. The third-order valence-corrected chi connectivity index (χ3v) is 7.09. The molecular formula is C27H31N3O2. The Labute approximate surface area is 190 Å². The molecule has 5 nitrogen and oxygen atoms in total. The van der Waals surface area contributed by atoms with Gasteiger partial charge in [-0.1, -0.05) is 31.7 Å². The number of hydrogen-bond acceptors (Lipinski definition) is 4. The van der Waals surface area contributed by atoms with E-state index in [1.54, 1.807) is 6.20 Å². The van der Waals surface area contributed by atoms with E-state index in [4.69, 9.17) is 5.26 Å². The molecule has 1 saturated carbocycles. The number of nitrogens with zero attached hydrogens (tertiary/aromatic N) is 3. The lowest BCUT2D eigenvalue weighted by molar-refractivity contribution is -0.119. The summed E-state index contributed by atoms with van der Waals surface area (Å²) < 4.78 is 0. The maximum Gasteiger partial charge on any atom is 0.253 e. The average molecular weight is 430 g/mol. The first-order chi connectivity index (χ1) is 15.5. The van der Waals surface area contributed by atoms with Crippen LogP contribution < -0.4 is 0 Å². The number of hydrogen-bond donors (Lipinski definition) is 0. The van der Waals surface area contributed by atoms with E-state index in [1.165, 1.54) is 25.7 Å². The minimum Gasteiger partial charge on any atom is -0.339 e. The second-order valence-electron chi connectivity index (χ2n) is 9.36. The standard InChI is InChI=1S/C27H31N3O2/c1-19-6-8-23(15-24(19)16-25(31)14-20-4-2-3-5-20)27(32)30-12-10-22(11-13-30)26-9-7-21(17-28)18-29-26/h6-9,15,18,20,22H,2-5,10-14,16H2,1H3. The number of nitriles is 1. The molecule has 1 aromatic carbocycles. The van der Waals surface area contributed by atoms with Gasteiger partial charge in [0.1, 0.15) is 11.9 Å². The minimum atomic E-state index is 0.0423. The number of aryl methyl sites for hydroxylation is 1. The highest BCUT2D eigenvalue weighted by Crippen LogP contribution is 2.29.